The predicted octanol–water partition coefficient (Wildman–Crippen LogP) is 7.04. The highest BCUT2D eigenvalue weighted by molar-refractivity contribution is 7.98. The van der Waals surface area contributed by atoms with Crippen LogP contribution in [0.2, 0.25) is 5.02 Å². The lowest BCUT2D eigenvalue weighted by Crippen LogP contribution is -2.40. The van der Waals surface area contributed by atoms with E-state index < -0.39 is 0 Å². The van der Waals surface area contributed by atoms with E-state index in [1.165, 1.54) is 49.9 Å². The van der Waals surface area contributed by atoms with Gasteiger partial charge in [0.1, 0.15) is 11.3 Å². The Bertz CT molecular complexity index is 869. The summed E-state index contributed by atoms with van der Waals surface area (Å²) in [5, 5.41) is 7.76. The summed E-state index contributed by atoms with van der Waals surface area (Å²) in [5.74, 6) is 0.459. The molecule has 0 bridgehead atoms. The van der Waals surface area contributed by atoms with Gasteiger partial charge in [-0.15, -0.1) is 11.8 Å². The summed E-state index contributed by atoms with van der Waals surface area (Å²) in [5.41, 5.74) is 4.15. The smallest absolute Gasteiger partial charge is 0.130 e. The maximum absolute atomic E-state index is 14.4. The molecule has 1 aliphatic rings. The lowest BCUT2D eigenvalue weighted by atomic mass is 9.84. The van der Waals surface area contributed by atoms with Crippen molar-refractivity contribution in [1.29, 1.82) is 0 Å². The number of ether oxygens (including phenoxy) is 1. The molecule has 1 fully saturated rings. The van der Waals surface area contributed by atoms with Gasteiger partial charge in [0.15, 0.2) is 0 Å². The molecule has 0 spiro atoms. The Morgan fingerprint density at radius 2 is 1.94 bits per heavy atom. The van der Waals surface area contributed by atoms with E-state index in [-0.39, 0.29) is 11.3 Å². The van der Waals surface area contributed by atoms with E-state index in [4.69, 9.17) is 16.3 Å². The van der Waals surface area contributed by atoms with Crippen LogP contribution in [0.25, 0.3) is 11.1 Å². The molecule has 2 aromatic carbocycles. The molecule has 0 amide bonds. The minimum atomic E-state index is -0.348. The topological polar surface area (TPSA) is 33.3 Å². The highest BCUT2D eigenvalue weighted by Crippen LogP contribution is 2.37. The van der Waals surface area contributed by atoms with Crippen molar-refractivity contribution < 1.29 is 9.13 Å². The summed E-state index contributed by atoms with van der Waals surface area (Å²) in [6.07, 6.45) is 8.55. The number of benzene rings is 2. The zero-order valence-corrected chi connectivity index (χ0v) is 20.5. The van der Waals surface area contributed by atoms with Crippen molar-refractivity contribution in [2.24, 2.45) is 5.92 Å². The number of rotatable bonds is 9. The molecule has 3 nitrogen and oxygen atoms in total. The number of methoxy groups -OCH3 is 1. The van der Waals surface area contributed by atoms with Crippen LogP contribution in [0.1, 0.15) is 48.7 Å². The third-order valence-electron chi connectivity index (χ3n) is 6.41. The van der Waals surface area contributed by atoms with E-state index >= 15 is 0 Å². The summed E-state index contributed by atoms with van der Waals surface area (Å²) in [6.45, 7) is 2.96. The number of halogens is 2. The van der Waals surface area contributed by atoms with Crippen LogP contribution in [-0.2, 0) is 4.74 Å². The highest BCUT2D eigenvalue weighted by atomic mass is 35.5. The van der Waals surface area contributed by atoms with Crippen molar-refractivity contribution in [2.75, 3.05) is 32.3 Å². The van der Waals surface area contributed by atoms with Crippen molar-refractivity contribution in [1.82, 2.24) is 5.32 Å². The number of anilines is 1. The second-order valence-electron chi connectivity index (χ2n) is 8.36. The standard InChI is InChI=1S/C25H34ClFN2OS/c1-16-12-19(18-10-11-22(27)20(13-18)25(30-3)31-4)21(26)14-23(16)29-15-24(28-2)17-8-6-5-7-9-17/h10-14,17,24-25,28-29H,5-9,15H2,1-4H3. The summed E-state index contributed by atoms with van der Waals surface area (Å²) < 4.78 is 19.8. The fourth-order valence-electron chi connectivity index (χ4n) is 4.60. The fraction of sp³-hybridized carbons (Fsp3) is 0.520. The normalized spacial score (nSPS) is 16.8. The lowest BCUT2D eigenvalue weighted by Gasteiger charge is -2.30. The van der Waals surface area contributed by atoms with Crippen LogP contribution in [0.4, 0.5) is 10.1 Å². The number of likely N-dealkylation sites (N-methyl/N-ethyl adjacent to an activating group) is 1. The van der Waals surface area contributed by atoms with Crippen molar-refractivity contribution in [3.63, 3.8) is 0 Å². The van der Waals surface area contributed by atoms with Gasteiger partial charge in [-0.25, -0.2) is 4.39 Å². The molecule has 1 saturated carbocycles. The van der Waals surface area contributed by atoms with Gasteiger partial charge in [-0.3, -0.25) is 0 Å². The zero-order chi connectivity index (χ0) is 22.4. The van der Waals surface area contributed by atoms with Gasteiger partial charge < -0.3 is 15.4 Å². The van der Waals surface area contributed by atoms with Crippen LogP contribution >= 0.6 is 23.4 Å². The van der Waals surface area contributed by atoms with Gasteiger partial charge in [-0.05, 0) is 74.4 Å². The third kappa shape index (κ3) is 5.95. The van der Waals surface area contributed by atoms with Crippen LogP contribution in [0, 0.1) is 18.7 Å². The minimum Gasteiger partial charge on any atom is -0.383 e. The van der Waals surface area contributed by atoms with Gasteiger partial charge in [0.25, 0.3) is 0 Å². The monoisotopic (exact) mass is 464 g/mol. The van der Waals surface area contributed by atoms with Crippen molar-refractivity contribution >= 4 is 29.1 Å². The van der Waals surface area contributed by atoms with Crippen LogP contribution in [0.3, 0.4) is 0 Å². The molecule has 2 unspecified atom stereocenters. The zero-order valence-electron chi connectivity index (χ0n) is 18.9. The third-order valence-corrected chi connectivity index (χ3v) is 7.59. The Balaban J connectivity index is 1.79. The summed E-state index contributed by atoms with van der Waals surface area (Å²) >= 11 is 8.15. The second-order valence-corrected chi connectivity index (χ2v) is 9.67. The first-order valence-corrected chi connectivity index (χ1v) is 12.7. The van der Waals surface area contributed by atoms with E-state index in [9.17, 15) is 4.39 Å². The van der Waals surface area contributed by atoms with E-state index in [1.807, 2.05) is 18.4 Å². The fourth-order valence-corrected chi connectivity index (χ4v) is 5.50. The van der Waals surface area contributed by atoms with Gasteiger partial charge >= 0.3 is 0 Å². The van der Waals surface area contributed by atoms with Gasteiger partial charge in [0.2, 0.25) is 0 Å². The number of nitrogens with one attached hydrogen (secondary N) is 2. The van der Waals surface area contributed by atoms with Crippen molar-refractivity contribution in [2.45, 2.75) is 50.5 Å². The first-order valence-electron chi connectivity index (χ1n) is 11.0. The molecule has 3 rings (SSSR count). The molecule has 2 N–H and O–H groups in total. The molecule has 0 aromatic heterocycles. The molecule has 2 atom stereocenters. The Labute approximate surface area is 195 Å². The Hall–Kier alpha value is -1.27. The molecule has 6 heteroatoms. The van der Waals surface area contributed by atoms with E-state index in [1.54, 1.807) is 13.2 Å². The van der Waals surface area contributed by atoms with Gasteiger partial charge in [0, 0.05) is 36.5 Å². The molecule has 31 heavy (non-hydrogen) atoms. The van der Waals surface area contributed by atoms with Crippen molar-refractivity contribution in [3.05, 3.63) is 52.3 Å². The minimum absolute atomic E-state index is 0.267. The van der Waals surface area contributed by atoms with E-state index in [0.29, 0.717) is 16.6 Å². The van der Waals surface area contributed by atoms with Crippen molar-refractivity contribution in [3.8, 4) is 11.1 Å². The molecule has 1 aliphatic carbocycles. The molecule has 0 saturated heterocycles. The molecule has 0 aliphatic heterocycles. The molecule has 0 radical (unpaired) electrons. The lowest BCUT2D eigenvalue weighted by molar-refractivity contribution is 0.172. The Morgan fingerprint density at radius 1 is 1.19 bits per heavy atom. The number of thioether (sulfide) groups is 1. The van der Waals surface area contributed by atoms with Gasteiger partial charge in [-0.2, -0.15) is 0 Å². The molecule has 170 valence electrons. The van der Waals surface area contributed by atoms with Crippen LogP contribution in [-0.4, -0.2) is 33.0 Å². The van der Waals surface area contributed by atoms with E-state index in [0.717, 1.165) is 34.8 Å². The number of hydrogen-bond donors (Lipinski definition) is 2. The molecular formula is C25H34ClFN2OS. The van der Waals surface area contributed by atoms with Crippen LogP contribution < -0.4 is 10.6 Å². The largest absolute Gasteiger partial charge is 0.383 e. The van der Waals surface area contributed by atoms with Gasteiger partial charge in [0.05, 0.1) is 5.02 Å². The average molecular weight is 465 g/mol. The quantitative estimate of drug-likeness (QED) is 0.390. The van der Waals surface area contributed by atoms with Gasteiger partial charge in [-0.1, -0.05) is 36.9 Å². The Morgan fingerprint density at radius 3 is 2.58 bits per heavy atom. The van der Waals surface area contributed by atoms with Crippen LogP contribution in [0.15, 0.2) is 30.3 Å². The molecule has 0 heterocycles. The highest BCUT2D eigenvalue weighted by Gasteiger charge is 2.22. The summed E-state index contributed by atoms with van der Waals surface area (Å²) in [6, 6.07) is 9.64. The SMILES string of the molecule is CNC(CNc1cc(Cl)c(-c2ccc(F)c(C(OC)SC)c2)cc1C)C1CCCCC1. The summed E-state index contributed by atoms with van der Waals surface area (Å²) in [4.78, 5) is 0. The Kier molecular flexibility index (Phi) is 9.08. The molecular weight excluding hydrogens is 431 g/mol. The number of aryl methyl sites for hydroxylation is 1. The average Bonchev–Trinajstić information content (AvgIpc) is 2.79. The maximum Gasteiger partial charge on any atom is 0.130 e. The van der Waals surface area contributed by atoms with E-state index in [2.05, 4.69) is 30.7 Å². The predicted molar refractivity (Wildman–Crippen MR) is 133 cm³/mol. The molecule has 2 aromatic rings. The first kappa shape index (κ1) is 24.4. The second kappa shape index (κ2) is 11.6. The first-order chi connectivity index (χ1) is 15.0. The maximum atomic E-state index is 14.4. The van der Waals surface area contributed by atoms with Crippen LogP contribution in [0.5, 0.6) is 0 Å². The number of hydrogen-bond acceptors (Lipinski definition) is 4. The summed E-state index contributed by atoms with van der Waals surface area (Å²) in [7, 11) is 3.65.